The number of hydrogen-bond acceptors (Lipinski definition) is 18. The lowest BCUT2D eigenvalue weighted by molar-refractivity contribution is -0.140. The molecule has 0 bridgehead atoms. The molecule has 2 unspecified atom stereocenters. The first-order valence-corrected chi connectivity index (χ1v) is 41.9. The number of hydrogen-bond donors (Lipinski definition) is 12. The van der Waals surface area contributed by atoms with Gasteiger partial charge in [-0.1, -0.05) is 260 Å². The van der Waals surface area contributed by atoms with Gasteiger partial charge in [-0.15, -0.1) is 0 Å². The van der Waals surface area contributed by atoms with Gasteiger partial charge in [0, 0.05) is 32.6 Å². The molecule has 30 heteroatoms. The molecule has 8 aromatic carbocycles. The molecule has 8 amide bonds. The van der Waals surface area contributed by atoms with E-state index < -0.39 is 116 Å². The molecule has 0 heterocycles. The number of Topliss-reactive ketones (excluding diaryl/α,β-unsaturated/α-hetero) is 1. The van der Waals surface area contributed by atoms with E-state index in [4.69, 9.17) is 14.2 Å². The topological polar surface area (TPSA) is 410 Å². The van der Waals surface area contributed by atoms with Crippen molar-refractivity contribution in [3.8, 4) is 0 Å². The lowest BCUT2D eigenvalue weighted by atomic mass is 9.98. The zero-order valence-electron chi connectivity index (χ0n) is 67.4. The van der Waals surface area contributed by atoms with Crippen molar-refractivity contribution in [3.05, 3.63) is 276 Å². The zero-order valence-corrected chi connectivity index (χ0v) is 69.0. The van der Waals surface area contributed by atoms with Crippen molar-refractivity contribution in [3.63, 3.8) is 0 Å². The van der Waals surface area contributed by atoms with Gasteiger partial charge in [-0.05, 0) is 114 Å². The van der Waals surface area contributed by atoms with Gasteiger partial charge in [0.05, 0.1) is 28.0 Å². The minimum Gasteiger partial charge on any atom is -0.445 e. The van der Waals surface area contributed by atoms with Gasteiger partial charge in [0.1, 0.15) is 44.0 Å². The van der Waals surface area contributed by atoms with E-state index in [1.165, 1.54) is 24.3 Å². The highest BCUT2D eigenvalue weighted by Gasteiger charge is 2.34. The Bertz CT molecular complexity index is 4610. The molecule has 0 aliphatic rings. The van der Waals surface area contributed by atoms with Crippen LogP contribution in [0.3, 0.4) is 0 Å². The summed E-state index contributed by atoms with van der Waals surface area (Å²) in [4.78, 5) is 116. The van der Waals surface area contributed by atoms with E-state index in [2.05, 4.69) is 52.0 Å². The Morgan fingerprint density at radius 3 is 0.915 bits per heavy atom. The van der Waals surface area contributed by atoms with Crippen LogP contribution in [0.1, 0.15) is 101 Å². The zero-order chi connectivity index (χ0) is 85.8. The van der Waals surface area contributed by atoms with Crippen molar-refractivity contribution >= 4 is 73.6 Å². The van der Waals surface area contributed by atoms with Gasteiger partial charge < -0.3 is 67.0 Å². The number of carbonyl (C=O) groups excluding carboxylic acids is 9. The number of amides is 8. The average Bonchev–Trinajstić information content (AvgIpc) is 0.869. The van der Waals surface area contributed by atoms with Crippen molar-refractivity contribution in [1.29, 1.82) is 0 Å². The largest absolute Gasteiger partial charge is 0.445 e. The minimum atomic E-state index is -3.79. The summed E-state index contributed by atoms with van der Waals surface area (Å²) in [5, 5.41) is 42.2. The molecule has 0 saturated heterocycles. The molecule has 8 aromatic rings. The minimum absolute atomic E-state index is 0.00594. The van der Waals surface area contributed by atoms with Crippen molar-refractivity contribution in [2.45, 2.75) is 165 Å². The fraction of sp³-hybridized carbons (Fsp3) is 0.352. The van der Waals surface area contributed by atoms with Crippen LogP contribution in [0.5, 0.6) is 0 Å². The molecule has 0 aliphatic carbocycles. The van der Waals surface area contributed by atoms with Gasteiger partial charge in [-0.2, -0.15) is 0 Å². The second-order valence-corrected chi connectivity index (χ2v) is 32.6. The van der Waals surface area contributed by atoms with Gasteiger partial charge in [0.25, 0.3) is 11.8 Å². The summed E-state index contributed by atoms with van der Waals surface area (Å²) < 4.78 is 70.2. The molecule has 8 atom stereocenters. The Kier molecular flexibility index (Phi) is 40.9. The molecule has 0 aliphatic heterocycles. The molecule has 0 aromatic heterocycles. The maximum Gasteiger partial charge on any atom is 0.408 e. The first-order chi connectivity index (χ1) is 56.4. The maximum atomic E-state index is 13.4. The molecule has 0 radical (unpaired) electrons. The summed E-state index contributed by atoms with van der Waals surface area (Å²) in [7, 11) is -7.56. The van der Waals surface area contributed by atoms with E-state index in [1.807, 2.05) is 157 Å². The van der Waals surface area contributed by atoms with Gasteiger partial charge in [-0.25, -0.2) is 40.7 Å². The van der Waals surface area contributed by atoms with Crippen molar-refractivity contribution in [2.75, 3.05) is 26.2 Å². The fourth-order valence-corrected chi connectivity index (χ4v) is 13.8. The van der Waals surface area contributed by atoms with Crippen LogP contribution in [0.2, 0.25) is 0 Å². The van der Waals surface area contributed by atoms with Gasteiger partial charge >= 0.3 is 18.3 Å². The Balaban J connectivity index is 0.000000280. The van der Waals surface area contributed by atoms with Gasteiger partial charge in [0.2, 0.25) is 43.6 Å². The Morgan fingerprint density at radius 2 is 0.593 bits per heavy atom. The Morgan fingerprint density at radius 1 is 0.314 bits per heavy atom. The summed E-state index contributed by atoms with van der Waals surface area (Å²) in [6, 6.07) is 65.1. The smallest absolute Gasteiger partial charge is 0.408 e. The molecule has 28 nitrogen and oxygen atoms in total. The number of rotatable bonds is 42. The van der Waals surface area contributed by atoms with Crippen molar-refractivity contribution < 1.29 is 84.4 Å². The normalized spacial score (nSPS) is 13.2. The highest BCUT2D eigenvalue weighted by molar-refractivity contribution is 7.89. The summed E-state index contributed by atoms with van der Waals surface area (Å²) in [6.07, 6.45) is -2.98. The highest BCUT2D eigenvalue weighted by Crippen LogP contribution is 2.17. The first-order valence-electron chi connectivity index (χ1n) is 38.9. The molecular weight excluding hydrogens is 1550 g/mol. The molecule has 0 saturated carbocycles. The maximum absolute atomic E-state index is 13.4. The third kappa shape index (κ3) is 36.2. The second kappa shape index (κ2) is 50.7. The van der Waals surface area contributed by atoms with Crippen LogP contribution in [-0.2, 0) is 102 Å². The molecule has 0 fully saturated rings. The number of ether oxygens (including phenoxy) is 3. The van der Waals surface area contributed by atoms with E-state index in [0.717, 1.165) is 27.8 Å². The van der Waals surface area contributed by atoms with E-state index in [1.54, 1.807) is 110 Å². The number of sulfonamides is 2. The third-order valence-corrected chi connectivity index (χ3v) is 20.7. The van der Waals surface area contributed by atoms with Gasteiger partial charge in [0.15, 0.2) is 6.10 Å². The van der Waals surface area contributed by atoms with Crippen LogP contribution in [0.25, 0.3) is 0 Å². The van der Waals surface area contributed by atoms with Crippen LogP contribution in [-0.4, -0.2) is 155 Å². The predicted octanol–water partition coefficient (Wildman–Crippen LogP) is 8.67. The number of carbonyl (C=O) groups is 9. The summed E-state index contributed by atoms with van der Waals surface area (Å²) in [6.45, 7) is 12.8. The van der Waals surface area contributed by atoms with E-state index >= 15 is 0 Å². The molecule has 12 N–H and O–H groups in total. The number of alkyl carbamates (subject to hydrolysis) is 3. The molecule has 118 heavy (non-hydrogen) atoms. The Hall–Kier alpha value is -11.7. The lowest BCUT2D eigenvalue weighted by Crippen LogP contribution is -2.56. The number of aliphatic hydroxyl groups excluding tert-OH is 2. The highest BCUT2D eigenvalue weighted by atomic mass is 32.2. The summed E-state index contributed by atoms with van der Waals surface area (Å²) in [5.74, 6) is -4.03. The standard InChI is InChI=1S/C32H40N4O7S.C32H38N4O7S.C24H32N2O4/c2*1-23(2)20-28(36-32(40)43-22-25-14-8-4-9-15-25)30(38)35-27(21-24-12-6-3-7-13-24)29(37)31(39)33-18-19-34-44(41,42)26-16-10-5-11-17-26;1-17(2)14-22(26-24(29)30-16-20-12-8-5-9-13-20)23(28)25-21(18(3)27)15-19-10-6-4-7-11-19/h3-17,23,27-29,34,37H,18-22H2,1-2H3,(H,33,39)(H,35,38)(H,36,40);3-17,23,27-28,34H,18-22H2,1-2H3,(H,33,39)(H,35,38)(H,36,40);4-13,17-18,21-22,27H,14-16H2,1-3H3,(H,25,28)(H,26,29)/t27-,28-,29?;27-,28-;18?,21-,22-/m000/s1. The quantitative estimate of drug-likeness (QED) is 0.00966. The first kappa shape index (κ1) is 95.2. The summed E-state index contributed by atoms with van der Waals surface area (Å²) in [5.41, 5.74) is 4.91. The van der Waals surface area contributed by atoms with Crippen LogP contribution >= 0.6 is 0 Å². The number of benzene rings is 8. The molecule has 8 rings (SSSR count). The van der Waals surface area contributed by atoms with Crippen LogP contribution in [0.15, 0.2) is 252 Å². The monoisotopic (exact) mass is 1660 g/mol. The number of aliphatic hydroxyl groups is 2. The number of ketones is 1. The van der Waals surface area contributed by atoms with E-state index in [9.17, 15) is 70.2 Å². The second-order valence-electron chi connectivity index (χ2n) is 29.0. The fourth-order valence-electron chi connectivity index (χ4n) is 11.7. The SMILES string of the molecule is CC(C)C[C@H](NC(=O)OCc1ccccc1)C(=O)N[C@@H](Cc1ccccc1)C(=O)C(=O)NCCNS(=O)(=O)c1ccccc1.CC(C)C[C@H](NC(=O)OCc1ccccc1)C(=O)N[C@@H](Cc1ccccc1)C(C)O.CC(C)C[C@H](NC(=O)OCc1ccccc1)C(=O)N[C@@H](Cc1ccccc1)C(O)C(=O)NCCNS(=O)(=O)c1ccccc1. The van der Waals surface area contributed by atoms with E-state index in [-0.39, 0.29) is 105 Å². The van der Waals surface area contributed by atoms with E-state index in [0.29, 0.717) is 18.4 Å². The average molecular weight is 1660 g/mol. The van der Waals surface area contributed by atoms with Crippen LogP contribution in [0.4, 0.5) is 14.4 Å². The molecule has 632 valence electrons. The molecular formula is C88H110N10O18S2. The molecule has 0 spiro atoms. The third-order valence-electron chi connectivity index (χ3n) is 17.7. The van der Waals surface area contributed by atoms with Crippen LogP contribution in [0, 0.1) is 17.8 Å². The Labute approximate surface area is 691 Å². The number of nitrogens with one attached hydrogen (secondary N) is 10. The summed E-state index contributed by atoms with van der Waals surface area (Å²) >= 11 is 0. The van der Waals surface area contributed by atoms with Crippen LogP contribution < -0.4 is 52.0 Å². The van der Waals surface area contributed by atoms with Crippen molar-refractivity contribution in [1.82, 2.24) is 52.0 Å². The predicted molar refractivity (Wildman–Crippen MR) is 447 cm³/mol. The van der Waals surface area contributed by atoms with Gasteiger partial charge in [-0.3, -0.25) is 28.8 Å². The van der Waals surface area contributed by atoms with Crippen molar-refractivity contribution in [2.24, 2.45) is 17.8 Å². The lowest BCUT2D eigenvalue weighted by Gasteiger charge is -2.27.